The van der Waals surface area contributed by atoms with E-state index in [-0.39, 0.29) is 18.2 Å². The number of halogens is 1. The molecule has 1 aromatic carbocycles. The van der Waals surface area contributed by atoms with E-state index in [0.29, 0.717) is 0 Å². The van der Waals surface area contributed by atoms with E-state index in [1.807, 2.05) is 24.3 Å². The molecule has 1 fully saturated rings. The molecule has 0 bridgehead atoms. The van der Waals surface area contributed by atoms with Crippen LogP contribution in [0.3, 0.4) is 0 Å². The average Bonchev–Trinajstić information content (AvgIpc) is 2.20. The molecule has 0 amide bonds. The van der Waals surface area contributed by atoms with Crippen LogP contribution in [0, 0.1) is 3.57 Å². The van der Waals surface area contributed by atoms with Crippen molar-refractivity contribution in [1.29, 1.82) is 0 Å². The Morgan fingerprint density at radius 3 is 2.73 bits per heavy atom. The third-order valence-corrected chi connectivity index (χ3v) is 3.57. The van der Waals surface area contributed by atoms with Gasteiger partial charge in [0.2, 0.25) is 0 Å². The Morgan fingerprint density at radius 1 is 1.40 bits per heavy atom. The molecule has 15 heavy (non-hydrogen) atoms. The molecular formula is C11H14INO2. The molecule has 82 valence electrons. The molecule has 0 aliphatic heterocycles. The predicted molar refractivity (Wildman–Crippen MR) is 67.0 cm³/mol. The Kier molecular flexibility index (Phi) is 3.48. The molecule has 1 saturated carbocycles. The van der Waals surface area contributed by atoms with Crippen LogP contribution in [0.4, 0.5) is 0 Å². The van der Waals surface area contributed by atoms with E-state index in [1.165, 1.54) is 0 Å². The lowest BCUT2D eigenvalue weighted by atomic mass is 9.86. The quantitative estimate of drug-likeness (QED) is 0.864. The fourth-order valence-electron chi connectivity index (χ4n) is 1.76. The molecule has 1 aliphatic carbocycles. The third-order valence-electron chi connectivity index (χ3n) is 2.68. The van der Waals surface area contributed by atoms with E-state index in [4.69, 9.17) is 15.2 Å². The van der Waals surface area contributed by atoms with Crippen LogP contribution in [0.2, 0.25) is 0 Å². The lowest BCUT2D eigenvalue weighted by molar-refractivity contribution is -0.0785. The number of methoxy groups -OCH3 is 1. The summed E-state index contributed by atoms with van der Waals surface area (Å²) in [5.74, 6) is 0.914. The van der Waals surface area contributed by atoms with Crippen molar-refractivity contribution in [2.45, 2.75) is 24.7 Å². The Bertz CT molecular complexity index is 345. The van der Waals surface area contributed by atoms with Crippen LogP contribution < -0.4 is 10.5 Å². The Labute approximate surface area is 103 Å². The highest BCUT2D eigenvalue weighted by Gasteiger charge is 2.41. The zero-order chi connectivity index (χ0) is 10.8. The molecule has 1 aliphatic rings. The SMILES string of the molecule is COC1C(N)CC1Oc1ccccc1I. The maximum Gasteiger partial charge on any atom is 0.133 e. The van der Waals surface area contributed by atoms with Crippen molar-refractivity contribution in [1.82, 2.24) is 0 Å². The highest BCUT2D eigenvalue weighted by atomic mass is 127. The number of rotatable bonds is 3. The molecule has 0 aromatic heterocycles. The minimum atomic E-state index is 0.0287. The monoisotopic (exact) mass is 319 g/mol. The van der Waals surface area contributed by atoms with E-state index < -0.39 is 0 Å². The molecule has 1 aromatic rings. The first-order valence-corrected chi connectivity index (χ1v) is 6.00. The molecule has 4 heteroatoms. The Hall–Kier alpha value is -0.330. The molecule has 0 saturated heterocycles. The van der Waals surface area contributed by atoms with E-state index in [9.17, 15) is 0 Å². The summed E-state index contributed by atoms with van der Waals surface area (Å²) in [5, 5.41) is 0. The number of hydrogen-bond donors (Lipinski definition) is 1. The number of nitrogens with two attached hydrogens (primary N) is 1. The van der Waals surface area contributed by atoms with E-state index in [0.717, 1.165) is 15.7 Å². The second-order valence-corrected chi connectivity index (χ2v) is 4.85. The second-order valence-electron chi connectivity index (χ2n) is 3.69. The van der Waals surface area contributed by atoms with Crippen molar-refractivity contribution in [3.8, 4) is 5.75 Å². The molecule has 0 spiro atoms. The van der Waals surface area contributed by atoms with Gasteiger partial charge >= 0.3 is 0 Å². The molecule has 0 radical (unpaired) electrons. The van der Waals surface area contributed by atoms with Crippen molar-refractivity contribution < 1.29 is 9.47 Å². The number of ether oxygens (including phenoxy) is 2. The molecule has 2 N–H and O–H groups in total. The van der Waals surface area contributed by atoms with Crippen molar-refractivity contribution in [2.24, 2.45) is 5.73 Å². The van der Waals surface area contributed by atoms with E-state index >= 15 is 0 Å². The summed E-state index contributed by atoms with van der Waals surface area (Å²) in [5.41, 5.74) is 5.81. The van der Waals surface area contributed by atoms with Crippen LogP contribution in [-0.2, 0) is 4.74 Å². The van der Waals surface area contributed by atoms with Crippen LogP contribution >= 0.6 is 22.6 Å². The first kappa shape index (κ1) is 11.2. The first-order valence-electron chi connectivity index (χ1n) is 4.92. The largest absolute Gasteiger partial charge is 0.486 e. The van der Waals surface area contributed by atoms with E-state index in [2.05, 4.69) is 22.6 Å². The molecular weight excluding hydrogens is 305 g/mol. The first-order chi connectivity index (χ1) is 7.22. The average molecular weight is 319 g/mol. The summed E-state index contributed by atoms with van der Waals surface area (Å²) < 4.78 is 12.2. The van der Waals surface area contributed by atoms with Crippen molar-refractivity contribution in [3.05, 3.63) is 27.8 Å². The molecule has 3 nitrogen and oxygen atoms in total. The van der Waals surface area contributed by atoms with Crippen LogP contribution in [0.1, 0.15) is 6.42 Å². The highest BCUT2D eigenvalue weighted by Crippen LogP contribution is 2.29. The molecule has 0 heterocycles. The topological polar surface area (TPSA) is 44.5 Å². The zero-order valence-corrected chi connectivity index (χ0v) is 10.7. The van der Waals surface area contributed by atoms with Gasteiger partial charge in [-0.1, -0.05) is 12.1 Å². The number of para-hydroxylation sites is 1. The van der Waals surface area contributed by atoms with Crippen LogP contribution in [-0.4, -0.2) is 25.4 Å². The molecule has 2 rings (SSSR count). The third kappa shape index (κ3) is 2.26. The summed E-state index contributed by atoms with van der Waals surface area (Å²) in [6.07, 6.45) is 0.991. The van der Waals surface area contributed by atoms with Gasteiger partial charge in [0.1, 0.15) is 18.0 Å². The van der Waals surface area contributed by atoms with Crippen molar-refractivity contribution in [2.75, 3.05) is 7.11 Å². The summed E-state index contributed by atoms with van der Waals surface area (Å²) in [6.45, 7) is 0. The summed E-state index contributed by atoms with van der Waals surface area (Å²) >= 11 is 2.26. The van der Waals surface area contributed by atoms with Gasteiger partial charge in [0.15, 0.2) is 0 Å². The van der Waals surface area contributed by atoms with Gasteiger partial charge < -0.3 is 15.2 Å². The molecule has 3 atom stereocenters. The van der Waals surface area contributed by atoms with Gasteiger partial charge in [-0.15, -0.1) is 0 Å². The van der Waals surface area contributed by atoms with Crippen molar-refractivity contribution >= 4 is 22.6 Å². The van der Waals surface area contributed by atoms with Gasteiger partial charge in [-0.25, -0.2) is 0 Å². The summed E-state index contributed by atoms with van der Waals surface area (Å²) in [4.78, 5) is 0. The molecule has 3 unspecified atom stereocenters. The predicted octanol–water partition coefficient (Wildman–Crippen LogP) is 1.78. The van der Waals surface area contributed by atoms with Crippen LogP contribution in [0.5, 0.6) is 5.75 Å². The Morgan fingerprint density at radius 2 is 2.13 bits per heavy atom. The fourth-order valence-corrected chi connectivity index (χ4v) is 2.28. The minimum Gasteiger partial charge on any atom is -0.486 e. The second kappa shape index (κ2) is 4.67. The normalized spacial score (nSPS) is 29.7. The van der Waals surface area contributed by atoms with Crippen LogP contribution in [0.15, 0.2) is 24.3 Å². The standard InChI is InChI=1S/C11H14INO2/c1-14-11-8(13)6-10(11)15-9-5-3-2-4-7(9)12/h2-5,8,10-11H,6,13H2,1H3. The highest BCUT2D eigenvalue weighted by molar-refractivity contribution is 14.1. The van der Waals surface area contributed by atoms with Crippen molar-refractivity contribution in [3.63, 3.8) is 0 Å². The van der Waals surface area contributed by atoms with Crippen LogP contribution in [0.25, 0.3) is 0 Å². The van der Waals surface area contributed by atoms with Gasteiger partial charge in [0.05, 0.1) is 3.57 Å². The smallest absolute Gasteiger partial charge is 0.133 e. The minimum absolute atomic E-state index is 0.0287. The van der Waals surface area contributed by atoms with Gasteiger partial charge in [-0.05, 0) is 34.7 Å². The van der Waals surface area contributed by atoms with Gasteiger partial charge in [-0.2, -0.15) is 0 Å². The Balaban J connectivity index is 2.01. The lowest BCUT2D eigenvalue weighted by Crippen LogP contribution is -2.59. The lowest BCUT2D eigenvalue weighted by Gasteiger charge is -2.41. The van der Waals surface area contributed by atoms with Gasteiger partial charge in [0.25, 0.3) is 0 Å². The number of hydrogen-bond acceptors (Lipinski definition) is 3. The van der Waals surface area contributed by atoms with Gasteiger partial charge in [0, 0.05) is 19.6 Å². The number of benzene rings is 1. The maximum atomic E-state index is 5.84. The summed E-state index contributed by atoms with van der Waals surface area (Å²) in [7, 11) is 1.68. The van der Waals surface area contributed by atoms with Gasteiger partial charge in [-0.3, -0.25) is 0 Å². The van der Waals surface area contributed by atoms with E-state index in [1.54, 1.807) is 7.11 Å². The summed E-state index contributed by atoms with van der Waals surface area (Å²) in [6, 6.07) is 8.07. The maximum absolute atomic E-state index is 5.84. The zero-order valence-electron chi connectivity index (χ0n) is 8.52. The fraction of sp³-hybridized carbons (Fsp3) is 0.455.